The molecule has 0 atom stereocenters. The van der Waals surface area contributed by atoms with Gasteiger partial charge in [0.2, 0.25) is 11.9 Å². The molecule has 1 aliphatic heterocycles. The number of rotatable bonds is 7. The average molecular weight is 538 g/mol. The average Bonchev–Trinajstić information content (AvgIpc) is 3.39. The number of fused-ring (bicyclic) bond motifs is 1. The van der Waals surface area contributed by atoms with Gasteiger partial charge in [0.1, 0.15) is 11.6 Å². The van der Waals surface area contributed by atoms with Crippen LogP contribution in [0.15, 0.2) is 42.3 Å². The Kier molecular flexibility index (Phi) is 7.85. The van der Waals surface area contributed by atoms with Gasteiger partial charge in [0.05, 0.1) is 15.8 Å². The molecule has 1 saturated heterocycles. The minimum absolute atomic E-state index is 0.0662. The number of nitrogens with one attached hydrogen (secondary N) is 3. The van der Waals surface area contributed by atoms with E-state index in [-0.39, 0.29) is 29.5 Å². The molecule has 2 amide bonds. The number of hydrogen-bond acceptors (Lipinski definition) is 8. The SMILES string of the molecule is C=CC(=O)NC1CCC(Nc2nc(Nc3ccc(C(=O)N4CCN(C)CC4)c(F)c3)nc3ccsc23)CC1. The van der Waals surface area contributed by atoms with Crippen LogP contribution in [0.1, 0.15) is 36.0 Å². The Morgan fingerprint density at radius 1 is 1.08 bits per heavy atom. The second kappa shape index (κ2) is 11.4. The summed E-state index contributed by atoms with van der Waals surface area (Å²) in [5, 5.41) is 11.6. The van der Waals surface area contributed by atoms with Crippen molar-refractivity contribution in [3.8, 4) is 0 Å². The van der Waals surface area contributed by atoms with Crippen LogP contribution in [0.2, 0.25) is 0 Å². The maximum absolute atomic E-state index is 15.0. The van der Waals surface area contributed by atoms with E-state index in [4.69, 9.17) is 4.98 Å². The van der Waals surface area contributed by atoms with Crippen molar-refractivity contribution in [2.24, 2.45) is 0 Å². The van der Waals surface area contributed by atoms with Gasteiger partial charge >= 0.3 is 0 Å². The maximum Gasteiger partial charge on any atom is 0.256 e. The first-order chi connectivity index (χ1) is 18.4. The molecule has 0 unspecified atom stereocenters. The zero-order valence-corrected chi connectivity index (χ0v) is 22.2. The first kappa shape index (κ1) is 26.1. The van der Waals surface area contributed by atoms with Crippen molar-refractivity contribution in [3.63, 3.8) is 0 Å². The Morgan fingerprint density at radius 3 is 2.53 bits per heavy atom. The van der Waals surface area contributed by atoms with Crippen molar-refractivity contribution in [3.05, 3.63) is 53.7 Å². The number of thiophene rings is 1. The summed E-state index contributed by atoms with van der Waals surface area (Å²) in [6, 6.07) is 6.82. The number of carbonyl (C=O) groups excluding carboxylic acids is 2. The molecule has 0 bridgehead atoms. The number of likely N-dealkylation sites (N-methyl/N-ethyl adjacent to an activating group) is 1. The number of nitrogens with zero attached hydrogens (tertiary/aromatic N) is 4. The summed E-state index contributed by atoms with van der Waals surface area (Å²) in [6.07, 6.45) is 4.85. The summed E-state index contributed by atoms with van der Waals surface area (Å²) in [6.45, 7) is 6.24. The summed E-state index contributed by atoms with van der Waals surface area (Å²) in [4.78, 5) is 37.6. The van der Waals surface area contributed by atoms with Crippen molar-refractivity contribution < 1.29 is 14.0 Å². The molecular weight excluding hydrogens is 505 g/mol. The molecule has 0 spiro atoms. The van der Waals surface area contributed by atoms with E-state index in [1.807, 2.05) is 18.5 Å². The van der Waals surface area contributed by atoms with Gasteiger partial charge in [-0.1, -0.05) is 6.58 Å². The van der Waals surface area contributed by atoms with Gasteiger partial charge < -0.3 is 25.8 Å². The van der Waals surface area contributed by atoms with Crippen molar-refractivity contribution in [2.75, 3.05) is 43.9 Å². The summed E-state index contributed by atoms with van der Waals surface area (Å²) in [7, 11) is 2.01. The molecule has 1 aromatic carbocycles. The van der Waals surface area contributed by atoms with Gasteiger partial charge in [0.25, 0.3) is 5.91 Å². The Hall–Kier alpha value is -3.57. The van der Waals surface area contributed by atoms with Gasteiger partial charge in [0.15, 0.2) is 0 Å². The van der Waals surface area contributed by atoms with E-state index in [0.717, 1.165) is 54.8 Å². The Balaban J connectivity index is 1.27. The molecule has 2 fully saturated rings. The normalized spacial score (nSPS) is 20.2. The summed E-state index contributed by atoms with van der Waals surface area (Å²) in [5.41, 5.74) is 1.33. The van der Waals surface area contributed by atoms with Gasteiger partial charge in [-0.2, -0.15) is 4.98 Å². The van der Waals surface area contributed by atoms with Crippen LogP contribution in [-0.4, -0.2) is 76.9 Å². The van der Waals surface area contributed by atoms with E-state index in [1.165, 1.54) is 18.2 Å². The Bertz CT molecular complexity index is 1330. The standard InChI is InChI=1S/C27H32FN7O2S/c1-3-23(36)29-17-4-6-18(7-5-17)30-25-24-22(10-15-38-24)32-27(33-25)31-19-8-9-20(21(28)16-19)26(37)35-13-11-34(2)12-14-35/h3,8-10,15-18H,1,4-7,11-14H2,2H3,(H,29,36)(H2,30,31,32,33). The fourth-order valence-corrected chi connectivity index (χ4v) is 5.71. The fraction of sp³-hybridized carbons (Fsp3) is 0.407. The minimum Gasteiger partial charge on any atom is -0.366 e. The van der Waals surface area contributed by atoms with Crippen molar-refractivity contribution in [1.29, 1.82) is 0 Å². The zero-order chi connectivity index (χ0) is 26.6. The van der Waals surface area contributed by atoms with Crippen LogP contribution in [-0.2, 0) is 4.79 Å². The number of hydrogen-bond donors (Lipinski definition) is 3. The number of piperazine rings is 1. The fourth-order valence-electron chi connectivity index (χ4n) is 4.93. The monoisotopic (exact) mass is 537 g/mol. The number of amides is 2. The van der Waals surface area contributed by atoms with Crippen LogP contribution in [0.3, 0.4) is 0 Å². The second-order valence-electron chi connectivity index (χ2n) is 9.85. The van der Waals surface area contributed by atoms with Gasteiger partial charge in [-0.3, -0.25) is 9.59 Å². The van der Waals surface area contributed by atoms with E-state index in [2.05, 4.69) is 32.4 Å². The third kappa shape index (κ3) is 5.94. The molecule has 9 nitrogen and oxygen atoms in total. The van der Waals surface area contributed by atoms with Crippen LogP contribution in [0.5, 0.6) is 0 Å². The molecule has 1 saturated carbocycles. The molecule has 200 valence electrons. The maximum atomic E-state index is 15.0. The third-order valence-electron chi connectivity index (χ3n) is 7.15. The predicted octanol–water partition coefficient (Wildman–Crippen LogP) is 3.99. The molecule has 3 aromatic rings. The van der Waals surface area contributed by atoms with E-state index in [9.17, 15) is 14.0 Å². The summed E-state index contributed by atoms with van der Waals surface area (Å²) < 4.78 is 15.9. The number of anilines is 3. The highest BCUT2D eigenvalue weighted by atomic mass is 32.1. The molecule has 3 N–H and O–H groups in total. The molecule has 2 aliphatic rings. The van der Waals surface area contributed by atoms with Gasteiger partial charge in [0, 0.05) is 44.0 Å². The lowest BCUT2D eigenvalue weighted by Gasteiger charge is -2.32. The molecule has 38 heavy (non-hydrogen) atoms. The number of carbonyl (C=O) groups is 2. The van der Waals surface area contributed by atoms with Crippen LogP contribution < -0.4 is 16.0 Å². The molecule has 5 rings (SSSR count). The molecule has 2 aromatic heterocycles. The number of halogens is 1. The molecule has 3 heterocycles. The van der Waals surface area contributed by atoms with Crippen molar-refractivity contribution >= 4 is 50.8 Å². The minimum atomic E-state index is -0.575. The van der Waals surface area contributed by atoms with Crippen molar-refractivity contribution in [2.45, 2.75) is 37.8 Å². The highest BCUT2D eigenvalue weighted by molar-refractivity contribution is 7.17. The Morgan fingerprint density at radius 2 is 1.82 bits per heavy atom. The highest BCUT2D eigenvalue weighted by Gasteiger charge is 2.24. The summed E-state index contributed by atoms with van der Waals surface area (Å²) >= 11 is 1.56. The highest BCUT2D eigenvalue weighted by Crippen LogP contribution is 2.31. The van der Waals surface area contributed by atoms with Gasteiger partial charge in [-0.25, -0.2) is 9.37 Å². The first-order valence-corrected chi connectivity index (χ1v) is 13.8. The molecular formula is C27H32FN7O2S. The van der Waals surface area contributed by atoms with Gasteiger partial charge in [-0.05, 0) is 68.5 Å². The summed E-state index contributed by atoms with van der Waals surface area (Å²) in [5.74, 6) is 0.0789. The largest absolute Gasteiger partial charge is 0.366 e. The molecule has 1 aliphatic carbocycles. The van der Waals surface area contributed by atoms with Crippen molar-refractivity contribution in [1.82, 2.24) is 25.1 Å². The number of benzene rings is 1. The molecule has 0 radical (unpaired) electrons. The Labute approximate surface area is 225 Å². The first-order valence-electron chi connectivity index (χ1n) is 12.9. The van der Waals surface area contributed by atoms with Crippen LogP contribution in [0.25, 0.3) is 10.2 Å². The van der Waals surface area contributed by atoms with Gasteiger partial charge in [-0.15, -0.1) is 11.3 Å². The van der Waals surface area contributed by atoms with Crippen LogP contribution in [0.4, 0.5) is 21.8 Å². The lowest BCUT2D eigenvalue weighted by Crippen LogP contribution is -2.47. The van der Waals surface area contributed by atoms with Crippen LogP contribution >= 0.6 is 11.3 Å². The topological polar surface area (TPSA) is 102 Å². The molecule has 11 heteroatoms. The second-order valence-corrected chi connectivity index (χ2v) is 10.8. The van der Waals surface area contributed by atoms with Crippen LogP contribution in [0, 0.1) is 5.82 Å². The zero-order valence-electron chi connectivity index (χ0n) is 21.4. The van der Waals surface area contributed by atoms with E-state index < -0.39 is 5.82 Å². The lowest BCUT2D eigenvalue weighted by molar-refractivity contribution is -0.117. The third-order valence-corrected chi connectivity index (χ3v) is 8.06. The lowest BCUT2D eigenvalue weighted by atomic mass is 9.91. The quantitative estimate of drug-likeness (QED) is 0.392. The predicted molar refractivity (Wildman–Crippen MR) is 149 cm³/mol. The van der Waals surface area contributed by atoms with E-state index in [1.54, 1.807) is 22.3 Å². The number of aromatic nitrogens is 2. The van der Waals surface area contributed by atoms with E-state index in [0.29, 0.717) is 24.7 Å². The van der Waals surface area contributed by atoms with E-state index >= 15 is 0 Å². The smallest absolute Gasteiger partial charge is 0.256 e.